The predicted molar refractivity (Wildman–Crippen MR) is 87.4 cm³/mol. The van der Waals surface area contributed by atoms with Crippen molar-refractivity contribution in [3.63, 3.8) is 0 Å². The van der Waals surface area contributed by atoms with Gasteiger partial charge in [-0.05, 0) is 41.8 Å². The number of rotatable bonds is 6. The molecule has 2 rings (SSSR count). The highest BCUT2D eigenvalue weighted by molar-refractivity contribution is 6.30. The minimum atomic E-state index is -0.316. The summed E-state index contributed by atoms with van der Waals surface area (Å²) in [6, 6.07) is 15.9. The summed E-state index contributed by atoms with van der Waals surface area (Å²) in [4.78, 5) is 10.9. The molecule has 0 radical (unpaired) electrons. The molecule has 1 amide bonds. The molecule has 3 N–H and O–H groups in total. The Morgan fingerprint density at radius 2 is 1.76 bits per heavy atom. The topological polar surface area (TPSA) is 55.1 Å². The summed E-state index contributed by atoms with van der Waals surface area (Å²) < 4.78 is 0. The van der Waals surface area contributed by atoms with E-state index in [4.69, 9.17) is 17.3 Å². The second-order valence-corrected chi connectivity index (χ2v) is 5.43. The van der Waals surface area contributed by atoms with Crippen molar-refractivity contribution in [2.75, 3.05) is 5.32 Å². The summed E-state index contributed by atoms with van der Waals surface area (Å²) in [5.41, 5.74) is 8.33. The molecular weight excluding hydrogens is 284 g/mol. The van der Waals surface area contributed by atoms with Gasteiger partial charge in [-0.3, -0.25) is 4.79 Å². The average molecular weight is 303 g/mol. The molecule has 0 saturated carbocycles. The van der Waals surface area contributed by atoms with E-state index in [2.05, 4.69) is 12.2 Å². The lowest BCUT2D eigenvalue weighted by Gasteiger charge is -2.19. The number of nitrogens with one attached hydrogen (secondary N) is 1. The van der Waals surface area contributed by atoms with E-state index in [-0.39, 0.29) is 18.4 Å². The van der Waals surface area contributed by atoms with E-state index in [1.54, 1.807) is 0 Å². The lowest BCUT2D eigenvalue weighted by molar-refractivity contribution is -0.117. The molecule has 21 heavy (non-hydrogen) atoms. The van der Waals surface area contributed by atoms with Gasteiger partial charge in [0.15, 0.2) is 0 Å². The van der Waals surface area contributed by atoms with Crippen LogP contribution in [0.3, 0.4) is 0 Å². The van der Waals surface area contributed by atoms with Crippen molar-refractivity contribution >= 4 is 23.2 Å². The fraction of sp³-hybridized carbons (Fsp3) is 0.235. The number of amides is 1. The number of hydrogen-bond donors (Lipinski definition) is 2. The Bertz CT molecular complexity index is 593. The molecular formula is C17H19ClN2O. The van der Waals surface area contributed by atoms with E-state index in [0.29, 0.717) is 0 Å². The van der Waals surface area contributed by atoms with Gasteiger partial charge in [0, 0.05) is 10.7 Å². The summed E-state index contributed by atoms with van der Waals surface area (Å²) in [5, 5.41) is 4.23. The molecule has 1 unspecified atom stereocenters. The van der Waals surface area contributed by atoms with Crippen LogP contribution < -0.4 is 11.1 Å². The molecule has 4 heteroatoms. The van der Waals surface area contributed by atoms with Gasteiger partial charge < -0.3 is 11.1 Å². The van der Waals surface area contributed by atoms with Gasteiger partial charge >= 0.3 is 0 Å². The number of anilines is 1. The van der Waals surface area contributed by atoms with Crippen molar-refractivity contribution in [3.05, 3.63) is 64.7 Å². The van der Waals surface area contributed by atoms with E-state index in [9.17, 15) is 4.79 Å². The van der Waals surface area contributed by atoms with E-state index in [1.807, 2.05) is 48.5 Å². The van der Waals surface area contributed by atoms with Crippen LogP contribution in [-0.2, 0) is 11.2 Å². The van der Waals surface area contributed by atoms with Crippen LogP contribution in [0.5, 0.6) is 0 Å². The number of halogens is 1. The summed E-state index contributed by atoms with van der Waals surface area (Å²) in [5.74, 6) is -0.316. The highest BCUT2D eigenvalue weighted by Crippen LogP contribution is 2.24. The molecule has 0 heterocycles. The fourth-order valence-electron chi connectivity index (χ4n) is 2.24. The zero-order valence-corrected chi connectivity index (χ0v) is 12.7. The second-order valence-electron chi connectivity index (χ2n) is 5.00. The summed E-state index contributed by atoms with van der Waals surface area (Å²) in [6.07, 6.45) is 1.24. The molecule has 0 spiro atoms. The van der Waals surface area contributed by atoms with Crippen molar-refractivity contribution in [3.8, 4) is 0 Å². The van der Waals surface area contributed by atoms with Crippen molar-refractivity contribution in [2.45, 2.75) is 25.8 Å². The first-order valence-corrected chi connectivity index (χ1v) is 7.35. The zero-order chi connectivity index (χ0) is 15.2. The molecule has 0 aromatic heterocycles. The number of nitrogens with two attached hydrogens (primary N) is 1. The van der Waals surface area contributed by atoms with Gasteiger partial charge in [-0.1, -0.05) is 42.8 Å². The predicted octanol–water partition coefficient (Wildman–Crippen LogP) is 3.93. The largest absolute Gasteiger partial charge is 0.378 e. The smallest absolute Gasteiger partial charge is 0.221 e. The SMILES string of the molecule is CCC(Nc1ccc(CC(N)=O)cc1)c1ccc(Cl)cc1. The molecule has 2 aromatic rings. The van der Waals surface area contributed by atoms with Crippen LogP contribution in [0.15, 0.2) is 48.5 Å². The van der Waals surface area contributed by atoms with Gasteiger partial charge in [-0.2, -0.15) is 0 Å². The Morgan fingerprint density at radius 3 is 2.29 bits per heavy atom. The van der Waals surface area contributed by atoms with Crippen LogP contribution in [0.1, 0.15) is 30.5 Å². The Labute approximate surface area is 130 Å². The van der Waals surface area contributed by atoms with Crippen LogP contribution in [0.2, 0.25) is 5.02 Å². The van der Waals surface area contributed by atoms with Crippen molar-refractivity contribution in [2.24, 2.45) is 5.73 Å². The minimum absolute atomic E-state index is 0.226. The molecule has 0 aliphatic heterocycles. The zero-order valence-electron chi connectivity index (χ0n) is 12.0. The van der Waals surface area contributed by atoms with Crippen LogP contribution in [-0.4, -0.2) is 5.91 Å². The Morgan fingerprint density at radius 1 is 1.14 bits per heavy atom. The quantitative estimate of drug-likeness (QED) is 0.849. The Kier molecular flexibility index (Phi) is 5.23. The molecule has 3 nitrogen and oxygen atoms in total. The third-order valence-electron chi connectivity index (χ3n) is 3.35. The fourth-order valence-corrected chi connectivity index (χ4v) is 2.36. The van der Waals surface area contributed by atoms with Crippen molar-refractivity contribution < 1.29 is 4.79 Å². The van der Waals surface area contributed by atoms with Gasteiger partial charge in [-0.25, -0.2) is 0 Å². The normalized spacial score (nSPS) is 11.9. The van der Waals surface area contributed by atoms with Crippen LogP contribution >= 0.6 is 11.6 Å². The standard InChI is InChI=1S/C17H19ClN2O/c1-2-16(13-5-7-14(18)8-6-13)20-15-9-3-12(4-10-15)11-17(19)21/h3-10,16,20H,2,11H2,1H3,(H2,19,21). The van der Waals surface area contributed by atoms with E-state index < -0.39 is 0 Å². The third kappa shape index (κ3) is 4.50. The Balaban J connectivity index is 2.07. The lowest BCUT2D eigenvalue weighted by Crippen LogP contribution is -2.13. The van der Waals surface area contributed by atoms with Gasteiger partial charge in [0.25, 0.3) is 0 Å². The van der Waals surface area contributed by atoms with Gasteiger partial charge in [0.1, 0.15) is 0 Å². The highest BCUT2D eigenvalue weighted by Gasteiger charge is 2.09. The number of primary amides is 1. The monoisotopic (exact) mass is 302 g/mol. The minimum Gasteiger partial charge on any atom is -0.378 e. The molecule has 110 valence electrons. The second kappa shape index (κ2) is 7.14. The summed E-state index contributed by atoms with van der Waals surface area (Å²) in [7, 11) is 0. The molecule has 0 aliphatic rings. The lowest BCUT2D eigenvalue weighted by atomic mass is 10.0. The van der Waals surface area contributed by atoms with Crippen LogP contribution in [0.25, 0.3) is 0 Å². The first-order valence-electron chi connectivity index (χ1n) is 6.97. The first-order chi connectivity index (χ1) is 10.1. The van der Waals surface area contributed by atoms with Gasteiger partial charge in [-0.15, -0.1) is 0 Å². The summed E-state index contributed by atoms with van der Waals surface area (Å²) in [6.45, 7) is 2.13. The third-order valence-corrected chi connectivity index (χ3v) is 3.61. The van der Waals surface area contributed by atoms with Gasteiger partial charge in [0.05, 0.1) is 12.5 Å². The molecule has 0 bridgehead atoms. The maximum absolute atomic E-state index is 10.9. The number of hydrogen-bond acceptors (Lipinski definition) is 2. The highest BCUT2D eigenvalue weighted by atomic mass is 35.5. The molecule has 0 aliphatic carbocycles. The van der Waals surface area contributed by atoms with Crippen LogP contribution in [0, 0.1) is 0 Å². The van der Waals surface area contributed by atoms with E-state index >= 15 is 0 Å². The molecule has 2 aromatic carbocycles. The average Bonchev–Trinajstić information content (AvgIpc) is 2.47. The van der Waals surface area contributed by atoms with Crippen LogP contribution in [0.4, 0.5) is 5.69 Å². The van der Waals surface area contributed by atoms with Crippen molar-refractivity contribution in [1.29, 1.82) is 0 Å². The number of carbonyl (C=O) groups excluding carboxylic acids is 1. The molecule has 0 fully saturated rings. The molecule has 1 atom stereocenters. The first kappa shape index (κ1) is 15.4. The van der Waals surface area contributed by atoms with Gasteiger partial charge in [0.2, 0.25) is 5.91 Å². The molecule has 0 saturated heterocycles. The van der Waals surface area contributed by atoms with Crippen molar-refractivity contribution in [1.82, 2.24) is 0 Å². The van der Waals surface area contributed by atoms with E-state index in [1.165, 1.54) is 5.56 Å². The maximum atomic E-state index is 10.9. The Hall–Kier alpha value is -2.00. The summed E-state index contributed by atoms with van der Waals surface area (Å²) >= 11 is 5.92. The maximum Gasteiger partial charge on any atom is 0.221 e. The van der Waals surface area contributed by atoms with E-state index in [0.717, 1.165) is 22.7 Å². The number of carbonyl (C=O) groups is 1. The number of benzene rings is 2.